The molecule has 0 fully saturated rings. The minimum absolute atomic E-state index is 0.0627. The lowest BCUT2D eigenvalue weighted by Crippen LogP contribution is -2.44. The summed E-state index contributed by atoms with van der Waals surface area (Å²) in [4.78, 5) is 25.7. The first kappa shape index (κ1) is 15.2. The van der Waals surface area contributed by atoms with Crippen LogP contribution in [0.4, 0.5) is 0 Å². The van der Waals surface area contributed by atoms with Crippen molar-refractivity contribution in [1.82, 2.24) is 15.6 Å². The molecular weight excluding hydrogens is 246 g/mol. The van der Waals surface area contributed by atoms with E-state index in [0.29, 0.717) is 12.2 Å². The first-order valence-corrected chi connectivity index (χ1v) is 6.10. The van der Waals surface area contributed by atoms with Crippen LogP contribution >= 0.6 is 0 Å². The lowest BCUT2D eigenvalue weighted by Gasteiger charge is -2.20. The molecule has 0 aromatic carbocycles. The summed E-state index contributed by atoms with van der Waals surface area (Å²) in [5, 5.41) is 5.85. The lowest BCUT2D eigenvalue weighted by molar-refractivity contribution is -0.121. The molecule has 1 rings (SSSR count). The van der Waals surface area contributed by atoms with E-state index in [2.05, 4.69) is 20.4 Å². The van der Waals surface area contributed by atoms with Crippen molar-refractivity contribution in [3.63, 3.8) is 0 Å². The van der Waals surface area contributed by atoms with Crippen LogP contribution in [0, 0.1) is 0 Å². The van der Waals surface area contributed by atoms with Crippen molar-refractivity contribution in [3.05, 3.63) is 23.5 Å². The number of esters is 1. The minimum Gasteiger partial charge on any atom is -0.464 e. The predicted octanol–water partition coefficient (Wildman–Crippen LogP) is 0.806. The van der Waals surface area contributed by atoms with Gasteiger partial charge in [-0.15, -0.1) is 0 Å². The fourth-order valence-electron chi connectivity index (χ4n) is 1.55. The van der Waals surface area contributed by atoms with Gasteiger partial charge in [-0.05, 0) is 32.9 Å². The highest BCUT2D eigenvalue weighted by molar-refractivity contribution is 5.87. The van der Waals surface area contributed by atoms with E-state index in [9.17, 15) is 9.59 Å². The summed E-state index contributed by atoms with van der Waals surface area (Å²) in [6.07, 6.45) is 0. The summed E-state index contributed by atoms with van der Waals surface area (Å²) in [6, 6.07) is 3.43. The van der Waals surface area contributed by atoms with Gasteiger partial charge in [-0.1, -0.05) is 0 Å². The summed E-state index contributed by atoms with van der Waals surface area (Å²) < 4.78 is 4.59. The number of rotatable bonds is 5. The number of hydrogen-bond donors (Lipinski definition) is 3. The van der Waals surface area contributed by atoms with Crippen molar-refractivity contribution in [1.29, 1.82) is 0 Å². The zero-order chi connectivity index (χ0) is 14.5. The van der Waals surface area contributed by atoms with Crippen LogP contribution in [0.25, 0.3) is 0 Å². The van der Waals surface area contributed by atoms with Gasteiger partial charge in [0, 0.05) is 17.8 Å². The molecule has 0 spiro atoms. The summed E-state index contributed by atoms with van der Waals surface area (Å²) in [7, 11) is 1.33. The molecule has 0 bridgehead atoms. The van der Waals surface area contributed by atoms with Gasteiger partial charge in [-0.25, -0.2) is 4.79 Å². The Morgan fingerprint density at radius 3 is 2.58 bits per heavy atom. The van der Waals surface area contributed by atoms with E-state index in [1.54, 1.807) is 12.1 Å². The second kappa shape index (κ2) is 6.38. The second-order valence-corrected chi connectivity index (χ2v) is 5.29. The second-order valence-electron chi connectivity index (χ2n) is 5.29. The van der Waals surface area contributed by atoms with Crippen molar-refractivity contribution >= 4 is 11.9 Å². The Morgan fingerprint density at radius 2 is 2.00 bits per heavy atom. The smallest absolute Gasteiger partial charge is 0.354 e. The molecule has 106 valence electrons. The fourth-order valence-corrected chi connectivity index (χ4v) is 1.55. The van der Waals surface area contributed by atoms with Gasteiger partial charge in [0.2, 0.25) is 5.91 Å². The molecule has 0 saturated carbocycles. The predicted molar refractivity (Wildman–Crippen MR) is 71.7 cm³/mol. The summed E-state index contributed by atoms with van der Waals surface area (Å²) >= 11 is 0. The topological polar surface area (TPSA) is 83.2 Å². The van der Waals surface area contributed by atoms with Gasteiger partial charge in [0.15, 0.2) is 0 Å². The van der Waals surface area contributed by atoms with Crippen LogP contribution in [0.15, 0.2) is 12.1 Å². The molecule has 0 aliphatic heterocycles. The number of aromatic nitrogens is 1. The molecule has 0 radical (unpaired) electrons. The molecule has 6 heteroatoms. The van der Waals surface area contributed by atoms with E-state index < -0.39 is 5.97 Å². The van der Waals surface area contributed by atoms with Crippen LogP contribution in [-0.4, -0.2) is 36.1 Å². The number of H-pyrrole nitrogens is 1. The van der Waals surface area contributed by atoms with Crippen molar-refractivity contribution in [3.8, 4) is 0 Å². The van der Waals surface area contributed by atoms with Gasteiger partial charge in [-0.2, -0.15) is 0 Å². The zero-order valence-electron chi connectivity index (χ0n) is 11.8. The van der Waals surface area contributed by atoms with E-state index in [0.717, 1.165) is 5.69 Å². The van der Waals surface area contributed by atoms with Gasteiger partial charge < -0.3 is 20.4 Å². The average molecular weight is 267 g/mol. The van der Waals surface area contributed by atoms with Crippen molar-refractivity contribution < 1.29 is 14.3 Å². The van der Waals surface area contributed by atoms with Crippen LogP contribution in [0.5, 0.6) is 0 Å². The number of methoxy groups -OCH3 is 1. The molecule has 0 saturated heterocycles. The number of ether oxygens (including phenoxy) is 1. The van der Waals surface area contributed by atoms with Crippen molar-refractivity contribution in [2.75, 3.05) is 13.7 Å². The number of amides is 1. The number of carbonyl (C=O) groups is 2. The molecule has 1 amide bonds. The molecule has 0 aliphatic rings. The fraction of sp³-hybridized carbons (Fsp3) is 0.538. The van der Waals surface area contributed by atoms with Crippen LogP contribution < -0.4 is 10.6 Å². The maximum Gasteiger partial charge on any atom is 0.354 e. The largest absolute Gasteiger partial charge is 0.464 e. The number of nitrogens with one attached hydrogen (secondary N) is 3. The zero-order valence-corrected chi connectivity index (χ0v) is 11.8. The van der Waals surface area contributed by atoms with Crippen LogP contribution in [0.1, 0.15) is 37.0 Å². The normalized spacial score (nSPS) is 11.2. The molecule has 6 nitrogen and oxygen atoms in total. The Kier molecular flexibility index (Phi) is 5.11. The number of aromatic amines is 1. The maximum atomic E-state index is 11.6. The van der Waals surface area contributed by atoms with Gasteiger partial charge in [0.1, 0.15) is 5.69 Å². The standard InChI is InChI=1S/C13H21N3O3/c1-13(2,3)16-11(17)8-14-7-9-5-6-10(15-9)12(18)19-4/h5-6,14-15H,7-8H2,1-4H3,(H,16,17). The molecule has 19 heavy (non-hydrogen) atoms. The van der Waals surface area contributed by atoms with Crippen LogP contribution in [0.3, 0.4) is 0 Å². The first-order valence-electron chi connectivity index (χ1n) is 6.10. The molecule has 3 N–H and O–H groups in total. The third kappa shape index (κ3) is 5.56. The van der Waals surface area contributed by atoms with Crippen molar-refractivity contribution in [2.45, 2.75) is 32.9 Å². The summed E-state index contributed by atoms with van der Waals surface area (Å²) in [5.74, 6) is -0.469. The summed E-state index contributed by atoms with van der Waals surface area (Å²) in [6.45, 7) is 6.49. The first-order chi connectivity index (χ1) is 8.81. The van der Waals surface area contributed by atoms with Gasteiger partial charge in [-0.3, -0.25) is 4.79 Å². The highest BCUT2D eigenvalue weighted by Crippen LogP contribution is 2.03. The third-order valence-electron chi connectivity index (χ3n) is 2.27. The number of carbonyl (C=O) groups excluding carboxylic acids is 2. The molecule has 1 heterocycles. The molecule has 1 aromatic heterocycles. The Balaban J connectivity index is 2.35. The maximum absolute atomic E-state index is 11.6. The van der Waals surface area contributed by atoms with E-state index in [-0.39, 0.29) is 18.0 Å². The van der Waals surface area contributed by atoms with Crippen molar-refractivity contribution in [2.24, 2.45) is 0 Å². The molecular formula is C13H21N3O3. The van der Waals surface area contributed by atoms with E-state index in [4.69, 9.17) is 0 Å². The molecule has 0 unspecified atom stereocenters. The van der Waals surface area contributed by atoms with E-state index in [1.165, 1.54) is 7.11 Å². The van der Waals surface area contributed by atoms with E-state index in [1.807, 2.05) is 20.8 Å². The highest BCUT2D eigenvalue weighted by Gasteiger charge is 2.13. The SMILES string of the molecule is COC(=O)c1ccc(CNCC(=O)NC(C)(C)C)[nH]1. The average Bonchev–Trinajstić information content (AvgIpc) is 2.74. The van der Waals surface area contributed by atoms with Crippen LogP contribution in [0.2, 0.25) is 0 Å². The molecule has 0 aliphatic carbocycles. The Hall–Kier alpha value is -1.82. The Bertz CT molecular complexity index is 446. The lowest BCUT2D eigenvalue weighted by atomic mass is 10.1. The Morgan fingerprint density at radius 1 is 1.32 bits per heavy atom. The minimum atomic E-state index is -0.406. The highest BCUT2D eigenvalue weighted by atomic mass is 16.5. The van der Waals surface area contributed by atoms with Gasteiger partial charge in [0.05, 0.1) is 13.7 Å². The third-order valence-corrected chi connectivity index (χ3v) is 2.27. The van der Waals surface area contributed by atoms with Gasteiger partial charge in [0.25, 0.3) is 0 Å². The Labute approximate surface area is 112 Å². The quantitative estimate of drug-likeness (QED) is 0.689. The summed E-state index contributed by atoms with van der Waals surface area (Å²) in [5.41, 5.74) is 0.992. The van der Waals surface area contributed by atoms with E-state index >= 15 is 0 Å². The number of hydrogen-bond acceptors (Lipinski definition) is 4. The molecule has 1 aromatic rings. The van der Waals surface area contributed by atoms with Gasteiger partial charge >= 0.3 is 5.97 Å². The van der Waals surface area contributed by atoms with Crippen LogP contribution in [-0.2, 0) is 16.1 Å². The monoisotopic (exact) mass is 267 g/mol. The molecule has 0 atom stereocenters.